The van der Waals surface area contributed by atoms with Gasteiger partial charge in [-0.2, -0.15) is 0 Å². The minimum Gasteiger partial charge on any atom is -0.377 e. The van der Waals surface area contributed by atoms with Gasteiger partial charge in [-0.15, -0.1) is 0 Å². The molecule has 0 atom stereocenters. The molecule has 108 valence electrons. The maximum atomic E-state index is 10.0. The fourth-order valence-corrected chi connectivity index (χ4v) is 0.672. The Labute approximate surface area is 109 Å². The Kier molecular flexibility index (Phi) is 22.4. The van der Waals surface area contributed by atoms with Crippen molar-refractivity contribution >= 4 is 17.3 Å². The number of ketones is 3. The van der Waals surface area contributed by atoms with Gasteiger partial charge in [0, 0.05) is 21.3 Å². The summed E-state index contributed by atoms with van der Waals surface area (Å²) in [5.74, 6) is -0.0579. The summed E-state index contributed by atoms with van der Waals surface area (Å²) >= 11 is 0. The van der Waals surface area contributed by atoms with Crippen molar-refractivity contribution in [2.24, 2.45) is 0 Å². The largest absolute Gasteiger partial charge is 0.377 e. The third-order valence-corrected chi connectivity index (χ3v) is 1.08. The van der Waals surface area contributed by atoms with Crippen molar-refractivity contribution in [2.45, 2.75) is 27.2 Å². The van der Waals surface area contributed by atoms with E-state index in [1.807, 2.05) is 0 Å². The molecule has 0 heterocycles. The second kappa shape index (κ2) is 18.3. The molecular weight excluding hydrogens is 240 g/mol. The number of carbonyl (C=O) groups excluding carboxylic acids is 3. The van der Waals surface area contributed by atoms with Crippen LogP contribution in [0.25, 0.3) is 0 Å². The fourth-order valence-electron chi connectivity index (χ4n) is 0.672. The lowest BCUT2D eigenvalue weighted by Crippen LogP contribution is -1.98. The van der Waals surface area contributed by atoms with E-state index in [1.165, 1.54) is 27.9 Å². The highest BCUT2D eigenvalue weighted by atomic mass is 16.6. The molecule has 0 saturated carbocycles. The summed E-state index contributed by atoms with van der Waals surface area (Å²) in [5.41, 5.74) is 0. The number of hydrogen-bond acceptors (Lipinski definition) is 6. The average Bonchev–Trinajstić information content (AvgIpc) is 2.17. The molecule has 0 bridgehead atoms. The Bertz CT molecular complexity index is 211. The van der Waals surface area contributed by atoms with E-state index < -0.39 is 0 Å². The molecule has 0 aromatic carbocycles. The normalized spacial score (nSPS) is 8.33. The van der Waals surface area contributed by atoms with Crippen LogP contribution in [0.15, 0.2) is 0 Å². The summed E-state index contributed by atoms with van der Waals surface area (Å²) in [7, 11) is 4.68. The smallest absolute Gasteiger partial charge is 0.155 e. The first-order chi connectivity index (χ1) is 8.31. The van der Waals surface area contributed by atoms with Crippen molar-refractivity contribution in [2.75, 3.05) is 34.7 Å². The minimum atomic E-state index is -0.0625. The average molecular weight is 264 g/mol. The molecule has 0 saturated heterocycles. The summed E-state index contributed by atoms with van der Waals surface area (Å²) in [6.07, 6.45) is 0.0833. The Hall–Kier alpha value is -1.11. The van der Waals surface area contributed by atoms with Gasteiger partial charge < -0.3 is 14.2 Å². The van der Waals surface area contributed by atoms with Crippen LogP contribution in [0.5, 0.6) is 0 Å². The lowest BCUT2D eigenvalue weighted by molar-refractivity contribution is -0.124. The van der Waals surface area contributed by atoms with Crippen molar-refractivity contribution in [3.8, 4) is 0 Å². The molecule has 6 heteroatoms. The zero-order valence-corrected chi connectivity index (χ0v) is 12.1. The maximum absolute atomic E-state index is 10.0. The second-order valence-electron chi connectivity index (χ2n) is 3.41. The molecule has 0 aromatic heterocycles. The van der Waals surface area contributed by atoms with E-state index in [4.69, 9.17) is 0 Å². The molecule has 0 aromatic rings. The van der Waals surface area contributed by atoms with Crippen molar-refractivity contribution in [1.82, 2.24) is 0 Å². The van der Waals surface area contributed by atoms with Gasteiger partial charge in [-0.3, -0.25) is 14.4 Å². The molecule has 0 fully saturated rings. The van der Waals surface area contributed by atoms with Crippen molar-refractivity contribution in [3.63, 3.8) is 0 Å². The van der Waals surface area contributed by atoms with Gasteiger partial charge in [-0.25, -0.2) is 0 Å². The third kappa shape index (κ3) is 46.1. The minimum absolute atomic E-state index is 0.0625. The first-order valence-electron chi connectivity index (χ1n) is 5.26. The van der Waals surface area contributed by atoms with Crippen LogP contribution < -0.4 is 0 Å². The first-order valence-corrected chi connectivity index (χ1v) is 5.26. The van der Waals surface area contributed by atoms with Gasteiger partial charge in [0.05, 0.1) is 6.42 Å². The van der Waals surface area contributed by atoms with Crippen LogP contribution in [0.4, 0.5) is 0 Å². The molecule has 0 amide bonds. The van der Waals surface area contributed by atoms with Gasteiger partial charge in [0.2, 0.25) is 0 Å². The van der Waals surface area contributed by atoms with E-state index in [0.29, 0.717) is 6.79 Å². The standard InChI is InChI=1S/C5H8O2.C4H8O2.C3H8O2/c1-4(6)3-5(2)7;1-4(5)3-6-2;1-4-3-5-2/h3H2,1-2H3;3H2,1-2H3;3H2,1-2H3. The highest BCUT2D eigenvalue weighted by molar-refractivity contribution is 5.96. The van der Waals surface area contributed by atoms with E-state index in [9.17, 15) is 14.4 Å². The van der Waals surface area contributed by atoms with Crippen LogP contribution in [-0.4, -0.2) is 52.1 Å². The van der Waals surface area contributed by atoms with Crippen LogP contribution >= 0.6 is 0 Å². The molecule has 0 aliphatic carbocycles. The van der Waals surface area contributed by atoms with Crippen LogP contribution in [0.1, 0.15) is 27.2 Å². The summed E-state index contributed by atoms with van der Waals surface area (Å²) in [6, 6.07) is 0. The molecule has 0 unspecified atom stereocenters. The molecule has 0 aliphatic heterocycles. The summed E-state index contributed by atoms with van der Waals surface area (Å²) in [5, 5.41) is 0. The topological polar surface area (TPSA) is 78.9 Å². The predicted molar refractivity (Wildman–Crippen MR) is 67.4 cm³/mol. The first kappa shape index (κ1) is 22.1. The predicted octanol–water partition coefficient (Wildman–Crippen LogP) is 1.01. The number of rotatable bonds is 6. The highest BCUT2D eigenvalue weighted by Crippen LogP contribution is 1.80. The number of ether oxygens (including phenoxy) is 3. The number of methoxy groups -OCH3 is 3. The number of hydrogen-bond donors (Lipinski definition) is 0. The second-order valence-corrected chi connectivity index (χ2v) is 3.41. The fraction of sp³-hybridized carbons (Fsp3) is 0.750. The van der Waals surface area contributed by atoms with E-state index in [-0.39, 0.29) is 30.4 Å². The van der Waals surface area contributed by atoms with Gasteiger partial charge in [-0.1, -0.05) is 0 Å². The molecule has 0 spiro atoms. The van der Waals surface area contributed by atoms with Crippen LogP contribution in [0.3, 0.4) is 0 Å². The number of Topliss-reactive ketones (excluding diaryl/α,β-unsaturated/α-hetero) is 3. The SMILES string of the molecule is CC(=O)CC(C)=O.COCC(C)=O.COCOC. The van der Waals surface area contributed by atoms with Crippen molar-refractivity contribution in [1.29, 1.82) is 0 Å². The molecule has 0 radical (unpaired) electrons. The van der Waals surface area contributed by atoms with E-state index in [2.05, 4.69) is 14.2 Å². The highest BCUT2D eigenvalue weighted by Gasteiger charge is 1.94. The lowest BCUT2D eigenvalue weighted by Gasteiger charge is -1.87. The van der Waals surface area contributed by atoms with Gasteiger partial charge in [0.25, 0.3) is 0 Å². The van der Waals surface area contributed by atoms with Gasteiger partial charge in [0.15, 0.2) is 5.78 Å². The van der Waals surface area contributed by atoms with Crippen LogP contribution in [0, 0.1) is 0 Å². The molecule has 6 nitrogen and oxygen atoms in total. The summed E-state index contributed by atoms with van der Waals surface area (Å²) in [6.45, 7) is 4.92. The quantitative estimate of drug-likeness (QED) is 0.526. The Morgan fingerprint density at radius 1 is 0.722 bits per heavy atom. The van der Waals surface area contributed by atoms with Crippen LogP contribution in [0.2, 0.25) is 0 Å². The van der Waals surface area contributed by atoms with E-state index >= 15 is 0 Å². The van der Waals surface area contributed by atoms with Crippen molar-refractivity contribution in [3.05, 3.63) is 0 Å². The Morgan fingerprint density at radius 3 is 1.11 bits per heavy atom. The molecule has 0 N–H and O–H groups in total. The molecule has 18 heavy (non-hydrogen) atoms. The zero-order valence-electron chi connectivity index (χ0n) is 12.1. The molecule has 0 aliphatic rings. The van der Waals surface area contributed by atoms with E-state index in [0.717, 1.165) is 0 Å². The Balaban J connectivity index is -0.000000190. The van der Waals surface area contributed by atoms with Gasteiger partial charge in [-0.05, 0) is 20.8 Å². The Morgan fingerprint density at radius 2 is 1.11 bits per heavy atom. The summed E-state index contributed by atoms with van der Waals surface area (Å²) in [4.78, 5) is 30.0. The van der Waals surface area contributed by atoms with E-state index in [1.54, 1.807) is 14.2 Å². The monoisotopic (exact) mass is 264 g/mol. The summed E-state index contributed by atoms with van der Waals surface area (Å²) < 4.78 is 13.4. The maximum Gasteiger partial charge on any atom is 0.155 e. The molecule has 0 rings (SSSR count). The third-order valence-electron chi connectivity index (χ3n) is 1.08. The van der Waals surface area contributed by atoms with Crippen molar-refractivity contribution < 1.29 is 28.6 Å². The van der Waals surface area contributed by atoms with Crippen LogP contribution in [-0.2, 0) is 28.6 Å². The van der Waals surface area contributed by atoms with Gasteiger partial charge in [0.1, 0.15) is 25.0 Å². The molecular formula is C12H24O6. The lowest BCUT2D eigenvalue weighted by atomic mass is 10.2. The zero-order chi connectivity index (χ0) is 15.0. The van der Waals surface area contributed by atoms with Gasteiger partial charge >= 0.3 is 0 Å². The number of carbonyl (C=O) groups is 3.